The van der Waals surface area contributed by atoms with Gasteiger partial charge in [0.05, 0.1) is 23.2 Å². The summed E-state index contributed by atoms with van der Waals surface area (Å²) >= 11 is 12.4. The zero-order chi connectivity index (χ0) is 26.5. The largest absolute Gasteiger partial charge is 0.480 e. The van der Waals surface area contributed by atoms with Gasteiger partial charge in [-0.3, -0.25) is 4.79 Å². The summed E-state index contributed by atoms with van der Waals surface area (Å²) in [6.45, 7) is 1.97. The summed E-state index contributed by atoms with van der Waals surface area (Å²) in [6.07, 6.45) is 3.46. The van der Waals surface area contributed by atoms with Crippen LogP contribution in [0.2, 0.25) is 10.0 Å². The summed E-state index contributed by atoms with van der Waals surface area (Å²) in [5.41, 5.74) is 1.06. The quantitative estimate of drug-likeness (QED) is 0.255. The highest BCUT2D eigenvalue weighted by Gasteiger charge is 2.45. The number of piperidine rings is 1. The van der Waals surface area contributed by atoms with E-state index >= 15 is 0 Å². The van der Waals surface area contributed by atoms with Crippen LogP contribution in [0.4, 0.5) is 0 Å². The minimum atomic E-state index is -1.51. The second-order valence-corrected chi connectivity index (χ2v) is 11.5. The third-order valence-corrected chi connectivity index (χ3v) is 8.52. The number of benzene rings is 3. The van der Waals surface area contributed by atoms with Crippen LogP contribution in [0.15, 0.2) is 66.7 Å². The standard InChI is InChI=1S/C30H29Cl2N3O3/c31-23-8-3-20(4-9-23)30(28(36)37,21-5-10-24(32)11-6-21)22-7-12-25-26(17-22)35(27(34-25)19-1-2-19)18-29(38)13-15-33-16-14-29/h3-12,17,19,33,38H,1-2,13-16,18H2,(H,36,37). The Balaban J connectivity index is 1.58. The second-order valence-electron chi connectivity index (χ2n) is 10.6. The molecule has 3 aromatic carbocycles. The third-order valence-electron chi connectivity index (χ3n) is 8.02. The number of nitrogens with zero attached hydrogens (tertiary/aromatic N) is 2. The third kappa shape index (κ3) is 4.39. The number of hydrogen-bond donors (Lipinski definition) is 3. The molecule has 6 nitrogen and oxygen atoms in total. The molecule has 1 aromatic heterocycles. The fourth-order valence-corrected chi connectivity index (χ4v) is 6.06. The molecule has 196 valence electrons. The summed E-state index contributed by atoms with van der Waals surface area (Å²) in [6, 6.07) is 19.6. The van der Waals surface area contributed by atoms with Gasteiger partial charge in [0.25, 0.3) is 0 Å². The van der Waals surface area contributed by atoms with Gasteiger partial charge in [0, 0.05) is 16.0 Å². The molecule has 0 radical (unpaired) electrons. The van der Waals surface area contributed by atoms with Gasteiger partial charge in [-0.05, 0) is 91.9 Å². The highest BCUT2D eigenvalue weighted by Crippen LogP contribution is 2.44. The molecular weight excluding hydrogens is 521 g/mol. The minimum absolute atomic E-state index is 0.368. The van der Waals surface area contributed by atoms with E-state index in [0.717, 1.165) is 42.8 Å². The first-order valence-electron chi connectivity index (χ1n) is 13.0. The summed E-state index contributed by atoms with van der Waals surface area (Å²) < 4.78 is 2.14. The van der Waals surface area contributed by atoms with Crippen molar-refractivity contribution in [3.8, 4) is 0 Å². The van der Waals surface area contributed by atoms with E-state index in [-0.39, 0.29) is 0 Å². The van der Waals surface area contributed by atoms with Crippen LogP contribution in [0.1, 0.15) is 54.1 Å². The number of fused-ring (bicyclic) bond motifs is 1. The van der Waals surface area contributed by atoms with E-state index < -0.39 is 17.0 Å². The lowest BCUT2D eigenvalue weighted by atomic mass is 9.69. The topological polar surface area (TPSA) is 87.4 Å². The van der Waals surface area contributed by atoms with Gasteiger partial charge in [-0.25, -0.2) is 4.98 Å². The van der Waals surface area contributed by atoms with Gasteiger partial charge in [0.2, 0.25) is 0 Å². The van der Waals surface area contributed by atoms with E-state index in [0.29, 0.717) is 52.0 Å². The Kier molecular flexibility index (Phi) is 6.47. The molecule has 2 aliphatic rings. The van der Waals surface area contributed by atoms with Crippen LogP contribution in [0.3, 0.4) is 0 Å². The van der Waals surface area contributed by atoms with Gasteiger partial charge in [0.15, 0.2) is 0 Å². The Morgan fingerprint density at radius 3 is 2.03 bits per heavy atom. The molecule has 1 aliphatic carbocycles. The molecule has 38 heavy (non-hydrogen) atoms. The fraction of sp³-hybridized carbons (Fsp3) is 0.333. The zero-order valence-corrected chi connectivity index (χ0v) is 22.3. The number of aliphatic hydroxyl groups is 1. The SMILES string of the molecule is O=C(O)C(c1ccc(Cl)cc1)(c1ccc(Cl)cc1)c1ccc2nc(C3CC3)n(CC3(O)CCNCC3)c2c1. The van der Waals surface area contributed by atoms with Crippen LogP contribution in [0.25, 0.3) is 11.0 Å². The lowest BCUT2D eigenvalue weighted by Gasteiger charge is -2.34. The molecule has 0 atom stereocenters. The van der Waals surface area contributed by atoms with E-state index in [2.05, 4.69) is 9.88 Å². The number of carbonyl (C=O) groups is 1. The maximum Gasteiger partial charge on any atom is 0.323 e. The van der Waals surface area contributed by atoms with Gasteiger partial charge in [-0.15, -0.1) is 0 Å². The Bertz CT molecular complexity index is 1440. The Labute approximate surface area is 231 Å². The van der Waals surface area contributed by atoms with Gasteiger partial charge in [-0.2, -0.15) is 0 Å². The van der Waals surface area contributed by atoms with Crippen molar-refractivity contribution in [2.75, 3.05) is 13.1 Å². The van der Waals surface area contributed by atoms with Gasteiger partial charge in [-0.1, -0.05) is 53.5 Å². The molecule has 4 aromatic rings. The van der Waals surface area contributed by atoms with Crippen molar-refractivity contribution in [3.05, 3.63) is 99.3 Å². The van der Waals surface area contributed by atoms with Gasteiger partial charge < -0.3 is 20.1 Å². The zero-order valence-electron chi connectivity index (χ0n) is 20.8. The van der Waals surface area contributed by atoms with Crippen LogP contribution >= 0.6 is 23.2 Å². The van der Waals surface area contributed by atoms with Crippen LogP contribution in [0, 0.1) is 0 Å². The molecule has 0 unspecified atom stereocenters. The molecule has 8 heteroatoms. The molecular formula is C30H29Cl2N3O3. The predicted octanol–water partition coefficient (Wildman–Crippen LogP) is 5.75. The highest BCUT2D eigenvalue weighted by atomic mass is 35.5. The Morgan fingerprint density at radius 1 is 0.947 bits per heavy atom. The number of hydrogen-bond acceptors (Lipinski definition) is 4. The number of nitrogens with one attached hydrogen (secondary N) is 1. The number of halogens is 2. The van der Waals surface area contributed by atoms with E-state index in [9.17, 15) is 15.0 Å². The number of aromatic nitrogens is 2. The highest BCUT2D eigenvalue weighted by molar-refractivity contribution is 6.30. The van der Waals surface area contributed by atoms with E-state index in [1.807, 2.05) is 18.2 Å². The summed E-state index contributed by atoms with van der Waals surface area (Å²) in [7, 11) is 0. The van der Waals surface area contributed by atoms with Crippen molar-refractivity contribution >= 4 is 40.2 Å². The summed E-state index contributed by atoms with van der Waals surface area (Å²) in [4.78, 5) is 18.3. The lowest BCUT2D eigenvalue weighted by Crippen LogP contribution is -2.45. The van der Waals surface area contributed by atoms with Crippen molar-refractivity contribution in [1.82, 2.24) is 14.9 Å². The van der Waals surface area contributed by atoms with Crippen molar-refractivity contribution in [2.24, 2.45) is 0 Å². The summed E-state index contributed by atoms with van der Waals surface area (Å²) in [5.74, 6) is 0.336. The van der Waals surface area contributed by atoms with Gasteiger partial charge >= 0.3 is 5.97 Å². The maximum atomic E-state index is 13.4. The molecule has 0 bridgehead atoms. The van der Waals surface area contributed by atoms with Crippen molar-refractivity contribution in [1.29, 1.82) is 0 Å². The van der Waals surface area contributed by atoms with Gasteiger partial charge in [0.1, 0.15) is 11.2 Å². The Hall–Kier alpha value is -2.90. The van der Waals surface area contributed by atoms with Crippen LogP contribution in [0.5, 0.6) is 0 Å². The minimum Gasteiger partial charge on any atom is -0.480 e. The van der Waals surface area contributed by atoms with Crippen LogP contribution < -0.4 is 5.32 Å². The average Bonchev–Trinajstić information content (AvgIpc) is 3.69. The molecule has 2 fully saturated rings. The number of carboxylic acid groups (broad SMARTS) is 1. The molecule has 0 amide bonds. The van der Waals surface area contributed by atoms with Crippen LogP contribution in [-0.4, -0.2) is 44.4 Å². The molecule has 6 rings (SSSR count). The molecule has 1 saturated carbocycles. The first kappa shape index (κ1) is 25.4. The molecule has 1 saturated heterocycles. The predicted molar refractivity (Wildman–Crippen MR) is 149 cm³/mol. The average molecular weight is 550 g/mol. The fourth-order valence-electron chi connectivity index (χ4n) is 5.81. The smallest absolute Gasteiger partial charge is 0.323 e. The summed E-state index contributed by atoms with van der Waals surface area (Å²) in [5, 5.41) is 26.8. The van der Waals surface area contributed by atoms with Crippen molar-refractivity contribution in [3.63, 3.8) is 0 Å². The number of imidazole rings is 1. The molecule has 2 heterocycles. The number of rotatable bonds is 7. The second kappa shape index (κ2) is 9.69. The van der Waals surface area contributed by atoms with E-state index in [1.54, 1.807) is 48.5 Å². The first-order chi connectivity index (χ1) is 18.3. The van der Waals surface area contributed by atoms with E-state index in [4.69, 9.17) is 28.2 Å². The maximum absolute atomic E-state index is 13.4. The number of carboxylic acids is 1. The normalized spacial score (nSPS) is 17.6. The monoisotopic (exact) mass is 549 g/mol. The van der Waals surface area contributed by atoms with Crippen molar-refractivity contribution < 1.29 is 15.0 Å². The van der Waals surface area contributed by atoms with Crippen LogP contribution in [-0.2, 0) is 16.8 Å². The molecule has 1 aliphatic heterocycles. The lowest BCUT2D eigenvalue weighted by molar-refractivity contribution is -0.140. The Morgan fingerprint density at radius 2 is 1.50 bits per heavy atom. The number of aliphatic carboxylic acids is 1. The first-order valence-corrected chi connectivity index (χ1v) is 13.7. The molecule has 0 spiro atoms. The van der Waals surface area contributed by atoms with E-state index in [1.165, 1.54) is 0 Å². The molecule has 3 N–H and O–H groups in total. The van der Waals surface area contributed by atoms with Crippen molar-refractivity contribution in [2.45, 2.75) is 49.2 Å².